The molecule has 1 amide bonds. The van der Waals surface area contributed by atoms with E-state index in [1.54, 1.807) is 30.5 Å². The molecule has 0 saturated carbocycles. The quantitative estimate of drug-likeness (QED) is 0.856. The smallest absolute Gasteiger partial charge is 0.293 e. The Labute approximate surface area is 137 Å². The van der Waals surface area contributed by atoms with Crippen LogP contribution >= 0.6 is 15.9 Å². The van der Waals surface area contributed by atoms with Crippen LogP contribution in [0.15, 0.2) is 51.9 Å². The summed E-state index contributed by atoms with van der Waals surface area (Å²) in [6.45, 7) is 2.38. The van der Waals surface area contributed by atoms with Crippen molar-refractivity contribution in [2.24, 2.45) is 0 Å². The fourth-order valence-electron chi connectivity index (χ4n) is 1.85. The van der Waals surface area contributed by atoms with Crippen LogP contribution in [-0.2, 0) is 11.3 Å². The predicted molar refractivity (Wildman–Crippen MR) is 89.3 cm³/mol. The van der Waals surface area contributed by atoms with E-state index in [1.165, 1.54) is 4.57 Å². The highest BCUT2D eigenvalue weighted by Gasteiger charge is 2.08. The van der Waals surface area contributed by atoms with Gasteiger partial charge in [0.1, 0.15) is 6.54 Å². The van der Waals surface area contributed by atoms with E-state index in [2.05, 4.69) is 21.2 Å². The molecule has 2 aromatic rings. The van der Waals surface area contributed by atoms with Gasteiger partial charge >= 0.3 is 0 Å². The first-order valence-electron chi connectivity index (χ1n) is 6.98. The van der Waals surface area contributed by atoms with E-state index in [0.717, 1.165) is 10.9 Å². The van der Waals surface area contributed by atoms with E-state index in [4.69, 9.17) is 4.74 Å². The van der Waals surface area contributed by atoms with E-state index >= 15 is 0 Å². The molecule has 6 heteroatoms. The number of aromatic nitrogens is 1. The number of hydrogen-bond acceptors (Lipinski definition) is 3. The van der Waals surface area contributed by atoms with Crippen molar-refractivity contribution in [2.75, 3.05) is 11.9 Å². The molecule has 1 N–H and O–H groups in total. The van der Waals surface area contributed by atoms with Crippen molar-refractivity contribution >= 4 is 27.5 Å². The molecule has 116 valence electrons. The summed E-state index contributed by atoms with van der Waals surface area (Å²) in [5, 5.41) is 2.75. The molecule has 0 fully saturated rings. The van der Waals surface area contributed by atoms with Gasteiger partial charge in [-0.1, -0.05) is 22.9 Å². The van der Waals surface area contributed by atoms with Crippen molar-refractivity contribution < 1.29 is 9.53 Å². The Morgan fingerprint density at radius 3 is 2.68 bits per heavy atom. The Bertz CT molecular complexity index is 695. The molecule has 0 saturated heterocycles. The largest absolute Gasteiger partial charge is 0.488 e. The zero-order valence-corrected chi connectivity index (χ0v) is 13.8. The van der Waals surface area contributed by atoms with Crippen LogP contribution in [-0.4, -0.2) is 17.1 Å². The Morgan fingerprint density at radius 2 is 2.00 bits per heavy atom. The summed E-state index contributed by atoms with van der Waals surface area (Å²) < 4.78 is 7.63. The Balaban J connectivity index is 2.05. The number of anilines is 1. The normalized spacial score (nSPS) is 10.3. The van der Waals surface area contributed by atoms with Gasteiger partial charge in [-0.05, 0) is 42.8 Å². The zero-order valence-electron chi connectivity index (χ0n) is 12.2. The first kappa shape index (κ1) is 16.3. The average Bonchev–Trinajstić information content (AvgIpc) is 2.50. The number of amides is 1. The van der Waals surface area contributed by atoms with Crippen LogP contribution < -0.4 is 15.6 Å². The Hall–Kier alpha value is -2.08. The lowest BCUT2D eigenvalue weighted by Crippen LogP contribution is -2.28. The van der Waals surface area contributed by atoms with Gasteiger partial charge in [0.15, 0.2) is 5.75 Å². The van der Waals surface area contributed by atoms with Crippen molar-refractivity contribution in [3.8, 4) is 5.75 Å². The molecule has 0 aliphatic carbocycles. The maximum Gasteiger partial charge on any atom is 0.293 e. The summed E-state index contributed by atoms with van der Waals surface area (Å²) in [7, 11) is 0. The lowest BCUT2D eigenvalue weighted by atomic mass is 10.3. The number of hydrogen-bond donors (Lipinski definition) is 1. The third-order valence-electron chi connectivity index (χ3n) is 2.89. The van der Waals surface area contributed by atoms with Crippen LogP contribution in [0.2, 0.25) is 0 Å². The first-order valence-corrected chi connectivity index (χ1v) is 7.77. The van der Waals surface area contributed by atoms with Crippen molar-refractivity contribution in [3.63, 3.8) is 0 Å². The fourth-order valence-corrected chi connectivity index (χ4v) is 2.11. The van der Waals surface area contributed by atoms with Crippen LogP contribution in [0.3, 0.4) is 0 Å². The van der Waals surface area contributed by atoms with Crippen molar-refractivity contribution in [1.29, 1.82) is 0 Å². The second kappa shape index (κ2) is 7.79. The van der Waals surface area contributed by atoms with E-state index in [0.29, 0.717) is 12.3 Å². The number of halogens is 1. The van der Waals surface area contributed by atoms with Crippen LogP contribution in [0, 0.1) is 0 Å². The number of nitrogens with one attached hydrogen (secondary N) is 1. The van der Waals surface area contributed by atoms with Gasteiger partial charge in [-0.2, -0.15) is 0 Å². The van der Waals surface area contributed by atoms with Gasteiger partial charge < -0.3 is 14.6 Å². The monoisotopic (exact) mass is 364 g/mol. The third kappa shape index (κ3) is 4.46. The summed E-state index contributed by atoms with van der Waals surface area (Å²) in [6.07, 6.45) is 2.39. The summed E-state index contributed by atoms with van der Waals surface area (Å²) >= 11 is 3.33. The van der Waals surface area contributed by atoms with Crippen molar-refractivity contribution in [2.45, 2.75) is 19.9 Å². The average molecular weight is 365 g/mol. The van der Waals surface area contributed by atoms with Crippen LogP contribution in [0.5, 0.6) is 5.75 Å². The zero-order chi connectivity index (χ0) is 15.9. The maximum absolute atomic E-state index is 12.2. The molecule has 0 unspecified atom stereocenters. The summed E-state index contributed by atoms with van der Waals surface area (Å²) in [4.78, 5) is 24.2. The molecule has 0 spiro atoms. The maximum atomic E-state index is 12.2. The van der Waals surface area contributed by atoms with Crippen LogP contribution in [0.25, 0.3) is 0 Å². The lowest BCUT2D eigenvalue weighted by Gasteiger charge is -2.09. The number of ether oxygens (including phenoxy) is 1. The number of pyridine rings is 1. The fraction of sp³-hybridized carbons (Fsp3) is 0.250. The minimum Gasteiger partial charge on any atom is -0.488 e. The molecule has 0 aliphatic rings. The number of benzene rings is 1. The molecular weight excluding hydrogens is 348 g/mol. The molecular formula is C16H17BrN2O3. The molecule has 5 nitrogen and oxygen atoms in total. The van der Waals surface area contributed by atoms with Gasteiger partial charge in [-0.25, -0.2) is 0 Å². The van der Waals surface area contributed by atoms with E-state index in [-0.39, 0.29) is 23.8 Å². The molecule has 0 aliphatic heterocycles. The van der Waals surface area contributed by atoms with E-state index in [9.17, 15) is 9.59 Å². The summed E-state index contributed by atoms with van der Waals surface area (Å²) in [5.74, 6) is -0.00199. The van der Waals surface area contributed by atoms with Gasteiger partial charge in [0.2, 0.25) is 5.91 Å². The van der Waals surface area contributed by atoms with Crippen molar-refractivity contribution in [1.82, 2.24) is 4.57 Å². The van der Waals surface area contributed by atoms with Gasteiger partial charge in [-0.15, -0.1) is 0 Å². The molecule has 2 rings (SSSR count). The highest BCUT2D eigenvalue weighted by molar-refractivity contribution is 9.10. The Morgan fingerprint density at radius 1 is 1.27 bits per heavy atom. The standard InChI is InChI=1S/C16H17BrN2O3/c1-2-10-22-14-4-3-9-19(16(14)21)11-15(20)18-13-7-5-12(17)6-8-13/h3-9H,2,10-11H2,1H3,(H,18,20). The number of rotatable bonds is 6. The molecule has 0 bridgehead atoms. The molecule has 0 atom stereocenters. The van der Waals surface area contributed by atoms with E-state index in [1.807, 2.05) is 19.1 Å². The molecule has 0 radical (unpaired) electrons. The number of carbonyl (C=O) groups is 1. The molecule has 1 aromatic carbocycles. The second-order valence-corrected chi connectivity index (χ2v) is 5.62. The Kier molecular flexibility index (Phi) is 5.77. The van der Waals surface area contributed by atoms with E-state index < -0.39 is 0 Å². The van der Waals surface area contributed by atoms with Crippen molar-refractivity contribution in [3.05, 3.63) is 57.4 Å². The van der Waals surface area contributed by atoms with Gasteiger partial charge in [-0.3, -0.25) is 9.59 Å². The van der Waals surface area contributed by atoms with Gasteiger partial charge in [0.05, 0.1) is 6.61 Å². The SMILES string of the molecule is CCCOc1cccn(CC(=O)Nc2ccc(Br)cc2)c1=O. The van der Waals surface area contributed by atoms with Gasteiger partial charge in [0.25, 0.3) is 5.56 Å². The van der Waals surface area contributed by atoms with Crippen LogP contribution in [0.1, 0.15) is 13.3 Å². The first-order chi connectivity index (χ1) is 10.6. The van der Waals surface area contributed by atoms with Gasteiger partial charge in [0, 0.05) is 16.4 Å². The summed E-state index contributed by atoms with van der Waals surface area (Å²) in [6, 6.07) is 10.5. The molecule has 1 aromatic heterocycles. The second-order valence-electron chi connectivity index (χ2n) is 4.71. The summed E-state index contributed by atoms with van der Waals surface area (Å²) in [5.41, 5.74) is 0.376. The molecule has 1 heterocycles. The number of carbonyl (C=O) groups excluding carboxylic acids is 1. The minimum atomic E-state index is -0.304. The highest BCUT2D eigenvalue weighted by atomic mass is 79.9. The lowest BCUT2D eigenvalue weighted by molar-refractivity contribution is -0.116. The topological polar surface area (TPSA) is 60.3 Å². The highest BCUT2D eigenvalue weighted by Crippen LogP contribution is 2.14. The number of nitrogens with zero attached hydrogens (tertiary/aromatic N) is 1. The minimum absolute atomic E-state index is 0.0573. The predicted octanol–water partition coefficient (Wildman–Crippen LogP) is 3.04. The third-order valence-corrected chi connectivity index (χ3v) is 3.42. The van der Waals surface area contributed by atoms with Crippen LogP contribution in [0.4, 0.5) is 5.69 Å². The molecule has 22 heavy (non-hydrogen) atoms.